The molecule has 0 aliphatic carbocycles. The zero-order valence-electron chi connectivity index (χ0n) is 14.1. The number of carbonyl (C=O) groups excluding carboxylic acids is 1. The van der Waals surface area contributed by atoms with E-state index in [2.05, 4.69) is 26.1 Å². The van der Waals surface area contributed by atoms with Crippen LogP contribution < -0.4 is 5.32 Å². The van der Waals surface area contributed by atoms with Gasteiger partial charge in [-0.05, 0) is 47.7 Å². The third kappa shape index (κ3) is 4.21. The topological polar surface area (TPSA) is 83.5 Å². The lowest BCUT2D eigenvalue weighted by molar-refractivity contribution is 0.102. The summed E-state index contributed by atoms with van der Waals surface area (Å²) in [7, 11) is -4.33. The van der Waals surface area contributed by atoms with Crippen molar-refractivity contribution in [2.45, 2.75) is 38.0 Å². The van der Waals surface area contributed by atoms with E-state index in [9.17, 15) is 17.8 Å². The molecule has 24 heavy (non-hydrogen) atoms. The van der Waals surface area contributed by atoms with Gasteiger partial charge in [-0.15, -0.1) is 0 Å². The number of anilines is 1. The lowest BCUT2D eigenvalue weighted by Crippen LogP contribution is -2.14. The van der Waals surface area contributed by atoms with E-state index in [1.165, 1.54) is 12.1 Å². The zero-order valence-corrected chi connectivity index (χ0v) is 14.9. The predicted octanol–water partition coefficient (Wildman–Crippen LogP) is 3.79. The van der Waals surface area contributed by atoms with Crippen molar-refractivity contribution < 1.29 is 17.8 Å². The zero-order chi connectivity index (χ0) is 18.1. The van der Waals surface area contributed by atoms with Gasteiger partial charge >= 0.3 is 0 Å². The summed E-state index contributed by atoms with van der Waals surface area (Å²) >= 11 is 0. The van der Waals surface area contributed by atoms with Gasteiger partial charge < -0.3 is 5.32 Å². The molecule has 0 atom stereocenters. The standard InChI is InChI=1S/C18H21NO4S/c1-12-5-10-15(11-16(12)24(21,22)23)19-17(20)13-6-8-14(9-7-13)18(2,3)4/h5-11H,1-4H3,(H,19,20)(H,21,22,23). The molecule has 2 aromatic carbocycles. The number of aryl methyl sites for hydroxylation is 1. The highest BCUT2D eigenvalue weighted by molar-refractivity contribution is 7.85. The van der Waals surface area contributed by atoms with Crippen molar-refractivity contribution in [3.05, 3.63) is 59.2 Å². The molecule has 0 fully saturated rings. The molecule has 128 valence electrons. The van der Waals surface area contributed by atoms with E-state index in [1.54, 1.807) is 25.1 Å². The van der Waals surface area contributed by atoms with Gasteiger partial charge in [0.15, 0.2) is 0 Å². The molecule has 0 bridgehead atoms. The third-order valence-electron chi connectivity index (χ3n) is 3.74. The number of hydrogen-bond donors (Lipinski definition) is 2. The van der Waals surface area contributed by atoms with Crippen LogP contribution in [0.2, 0.25) is 0 Å². The first-order valence-corrected chi connectivity index (χ1v) is 8.92. The van der Waals surface area contributed by atoms with Crippen LogP contribution in [0.1, 0.15) is 42.3 Å². The Kier molecular flexibility index (Phi) is 4.82. The molecule has 0 spiro atoms. The SMILES string of the molecule is Cc1ccc(NC(=O)c2ccc(C(C)(C)C)cc2)cc1S(=O)(=O)O. The normalized spacial score (nSPS) is 12.0. The first-order valence-electron chi connectivity index (χ1n) is 7.48. The number of amides is 1. The molecule has 0 saturated heterocycles. The Morgan fingerprint density at radius 1 is 1.04 bits per heavy atom. The Morgan fingerprint density at radius 3 is 2.12 bits per heavy atom. The van der Waals surface area contributed by atoms with Crippen LogP contribution in [0, 0.1) is 6.92 Å². The summed E-state index contributed by atoms with van der Waals surface area (Å²) in [6.45, 7) is 7.83. The van der Waals surface area contributed by atoms with Crippen molar-refractivity contribution in [2.75, 3.05) is 5.32 Å². The van der Waals surface area contributed by atoms with Gasteiger partial charge in [-0.3, -0.25) is 9.35 Å². The van der Waals surface area contributed by atoms with E-state index < -0.39 is 10.1 Å². The van der Waals surface area contributed by atoms with Crippen LogP contribution in [0.5, 0.6) is 0 Å². The predicted molar refractivity (Wildman–Crippen MR) is 94.1 cm³/mol. The van der Waals surface area contributed by atoms with Gasteiger partial charge in [0.05, 0.1) is 4.90 Å². The lowest BCUT2D eigenvalue weighted by Gasteiger charge is -2.19. The molecule has 0 unspecified atom stereocenters. The highest BCUT2D eigenvalue weighted by atomic mass is 32.2. The summed E-state index contributed by atoms with van der Waals surface area (Å²) in [5.74, 6) is -0.347. The van der Waals surface area contributed by atoms with Crippen molar-refractivity contribution >= 4 is 21.7 Å². The molecular formula is C18H21NO4S. The monoisotopic (exact) mass is 347 g/mol. The van der Waals surface area contributed by atoms with Crippen LogP contribution in [0.4, 0.5) is 5.69 Å². The van der Waals surface area contributed by atoms with Gasteiger partial charge in [0.25, 0.3) is 16.0 Å². The minimum Gasteiger partial charge on any atom is -0.322 e. The van der Waals surface area contributed by atoms with E-state index >= 15 is 0 Å². The number of nitrogens with one attached hydrogen (secondary N) is 1. The molecule has 6 heteroatoms. The number of rotatable bonds is 3. The first-order chi connectivity index (χ1) is 11.0. The second kappa shape index (κ2) is 6.37. The van der Waals surface area contributed by atoms with Gasteiger partial charge in [0.1, 0.15) is 0 Å². The fraction of sp³-hybridized carbons (Fsp3) is 0.278. The molecule has 2 rings (SSSR count). The average molecular weight is 347 g/mol. The largest absolute Gasteiger partial charge is 0.322 e. The highest BCUT2D eigenvalue weighted by Crippen LogP contribution is 2.23. The number of carbonyl (C=O) groups is 1. The summed E-state index contributed by atoms with van der Waals surface area (Å²) in [4.78, 5) is 12.1. The summed E-state index contributed by atoms with van der Waals surface area (Å²) in [6, 6.07) is 11.6. The van der Waals surface area contributed by atoms with E-state index in [0.29, 0.717) is 16.8 Å². The maximum Gasteiger partial charge on any atom is 0.294 e. The van der Waals surface area contributed by atoms with Crippen molar-refractivity contribution in [1.82, 2.24) is 0 Å². The highest BCUT2D eigenvalue weighted by Gasteiger charge is 2.16. The molecular weight excluding hydrogens is 326 g/mol. The van der Waals surface area contributed by atoms with Crippen LogP contribution in [-0.2, 0) is 15.5 Å². The number of hydrogen-bond acceptors (Lipinski definition) is 3. The minimum absolute atomic E-state index is 0.00362. The molecule has 0 aliphatic heterocycles. The molecule has 0 aliphatic rings. The van der Waals surface area contributed by atoms with Gasteiger partial charge in [-0.25, -0.2) is 0 Å². The Morgan fingerprint density at radius 2 is 1.62 bits per heavy atom. The Hall–Kier alpha value is -2.18. The summed E-state index contributed by atoms with van der Waals surface area (Å²) < 4.78 is 31.9. The maximum atomic E-state index is 12.3. The van der Waals surface area contributed by atoms with E-state index in [-0.39, 0.29) is 16.2 Å². The summed E-state index contributed by atoms with van der Waals surface area (Å²) in [6.07, 6.45) is 0. The second-order valence-corrected chi connectivity index (χ2v) is 8.13. The molecule has 5 nitrogen and oxygen atoms in total. The fourth-order valence-electron chi connectivity index (χ4n) is 2.28. The molecule has 0 radical (unpaired) electrons. The quantitative estimate of drug-likeness (QED) is 0.828. The second-order valence-electron chi connectivity index (χ2n) is 6.74. The molecule has 0 saturated carbocycles. The van der Waals surface area contributed by atoms with Gasteiger partial charge in [0, 0.05) is 11.3 Å². The summed E-state index contributed by atoms with van der Waals surface area (Å²) in [5, 5.41) is 2.64. The van der Waals surface area contributed by atoms with Crippen molar-refractivity contribution in [2.24, 2.45) is 0 Å². The lowest BCUT2D eigenvalue weighted by atomic mass is 9.87. The van der Waals surface area contributed by atoms with Gasteiger partial charge in [-0.2, -0.15) is 8.42 Å². The molecule has 2 aromatic rings. The smallest absolute Gasteiger partial charge is 0.294 e. The van der Waals surface area contributed by atoms with Crippen LogP contribution in [0.3, 0.4) is 0 Å². The van der Waals surface area contributed by atoms with Crippen LogP contribution >= 0.6 is 0 Å². The van der Waals surface area contributed by atoms with E-state index in [4.69, 9.17) is 0 Å². The van der Waals surface area contributed by atoms with Crippen molar-refractivity contribution in [3.63, 3.8) is 0 Å². The molecule has 0 heterocycles. The summed E-state index contributed by atoms with van der Waals surface area (Å²) in [5.41, 5.74) is 2.29. The minimum atomic E-state index is -4.33. The van der Waals surface area contributed by atoms with Gasteiger partial charge in [-0.1, -0.05) is 39.0 Å². The van der Waals surface area contributed by atoms with E-state index in [1.807, 2.05) is 12.1 Å². The fourth-order valence-corrected chi connectivity index (χ4v) is 3.03. The van der Waals surface area contributed by atoms with Crippen molar-refractivity contribution in [1.29, 1.82) is 0 Å². The maximum absolute atomic E-state index is 12.3. The molecule has 0 aromatic heterocycles. The molecule has 2 N–H and O–H groups in total. The average Bonchev–Trinajstić information content (AvgIpc) is 2.47. The number of benzene rings is 2. The van der Waals surface area contributed by atoms with Crippen molar-refractivity contribution in [3.8, 4) is 0 Å². The third-order valence-corrected chi connectivity index (χ3v) is 4.73. The first kappa shape index (κ1) is 18.2. The Labute approximate surface area is 142 Å². The van der Waals surface area contributed by atoms with Crippen LogP contribution in [0.15, 0.2) is 47.4 Å². The van der Waals surface area contributed by atoms with Crippen LogP contribution in [0.25, 0.3) is 0 Å². The Balaban J connectivity index is 2.24. The van der Waals surface area contributed by atoms with Gasteiger partial charge in [0.2, 0.25) is 0 Å². The van der Waals surface area contributed by atoms with Crippen LogP contribution in [-0.4, -0.2) is 18.9 Å². The van der Waals surface area contributed by atoms with E-state index in [0.717, 1.165) is 5.56 Å². The molecule has 1 amide bonds. The Bertz CT molecular complexity index is 863.